The molecule has 6 nitrogen and oxygen atoms in total. The van der Waals surface area contributed by atoms with Crippen LogP contribution in [0.25, 0.3) is 10.9 Å². The first-order valence-corrected chi connectivity index (χ1v) is 7.18. The Balaban J connectivity index is 1.67. The summed E-state index contributed by atoms with van der Waals surface area (Å²) in [5.74, 6) is -0.611. The van der Waals surface area contributed by atoms with Crippen LogP contribution in [-0.4, -0.2) is 47.0 Å². The number of H-pyrrole nitrogens is 1. The molecule has 23 heavy (non-hydrogen) atoms. The molecule has 2 saturated heterocycles. The van der Waals surface area contributed by atoms with Gasteiger partial charge in [-0.25, -0.2) is 0 Å². The van der Waals surface area contributed by atoms with Crippen LogP contribution in [0.1, 0.15) is 16.9 Å². The van der Waals surface area contributed by atoms with Crippen molar-refractivity contribution in [2.24, 2.45) is 0 Å². The molecule has 3 N–H and O–H groups in total. The van der Waals surface area contributed by atoms with Crippen LogP contribution in [0.15, 0.2) is 18.2 Å². The molecule has 0 saturated carbocycles. The number of carbonyl (C=O) groups excluding carboxylic acids is 1. The van der Waals surface area contributed by atoms with E-state index in [9.17, 15) is 18.0 Å². The van der Waals surface area contributed by atoms with Crippen molar-refractivity contribution in [2.75, 3.05) is 6.54 Å². The maximum Gasteiger partial charge on any atom is 0.573 e. The van der Waals surface area contributed by atoms with Gasteiger partial charge in [-0.1, -0.05) is 0 Å². The molecule has 2 aliphatic heterocycles. The van der Waals surface area contributed by atoms with Crippen molar-refractivity contribution >= 4 is 16.7 Å². The molecule has 1 aromatic heterocycles. The van der Waals surface area contributed by atoms with Gasteiger partial charge in [-0.2, -0.15) is 5.10 Å². The lowest BCUT2D eigenvalue weighted by atomic mass is 10.0. The van der Waals surface area contributed by atoms with E-state index in [2.05, 4.69) is 25.6 Å². The number of benzene rings is 1. The van der Waals surface area contributed by atoms with Crippen LogP contribution >= 0.6 is 0 Å². The van der Waals surface area contributed by atoms with Crippen LogP contribution in [-0.2, 0) is 0 Å². The van der Waals surface area contributed by atoms with E-state index in [4.69, 9.17) is 0 Å². The van der Waals surface area contributed by atoms with Crippen LogP contribution < -0.4 is 15.4 Å². The minimum Gasteiger partial charge on any atom is -0.406 e. The Morgan fingerprint density at radius 3 is 2.83 bits per heavy atom. The van der Waals surface area contributed by atoms with Gasteiger partial charge in [0.2, 0.25) is 5.78 Å². The van der Waals surface area contributed by atoms with Gasteiger partial charge in [0.1, 0.15) is 11.4 Å². The molecule has 2 bridgehead atoms. The van der Waals surface area contributed by atoms with E-state index in [0.29, 0.717) is 10.9 Å². The third kappa shape index (κ3) is 2.55. The summed E-state index contributed by atoms with van der Waals surface area (Å²) in [4.78, 5) is 12.7. The van der Waals surface area contributed by atoms with E-state index in [-0.39, 0.29) is 29.3 Å². The monoisotopic (exact) mass is 326 g/mol. The average molecular weight is 326 g/mol. The van der Waals surface area contributed by atoms with Crippen LogP contribution in [0.3, 0.4) is 0 Å². The molecule has 3 atom stereocenters. The Kier molecular flexibility index (Phi) is 3.10. The smallest absolute Gasteiger partial charge is 0.406 e. The molecule has 0 aliphatic carbocycles. The van der Waals surface area contributed by atoms with E-state index in [1.165, 1.54) is 18.2 Å². The molecule has 0 spiro atoms. The average Bonchev–Trinajstić information content (AvgIpc) is 3.19. The number of halogens is 3. The largest absolute Gasteiger partial charge is 0.573 e. The van der Waals surface area contributed by atoms with Crippen molar-refractivity contribution in [3.05, 3.63) is 23.9 Å². The van der Waals surface area contributed by atoms with Gasteiger partial charge in [0.05, 0.1) is 11.6 Å². The van der Waals surface area contributed by atoms with E-state index in [1.807, 2.05) is 0 Å². The lowest BCUT2D eigenvalue weighted by Gasteiger charge is -2.22. The molecule has 0 amide bonds. The van der Waals surface area contributed by atoms with Gasteiger partial charge in [-0.3, -0.25) is 9.89 Å². The number of aromatic amines is 1. The number of carbonyl (C=O) groups is 1. The molecule has 2 aliphatic rings. The second-order valence-electron chi connectivity index (χ2n) is 5.78. The normalized spacial score (nSPS) is 26.8. The number of hydrogen-bond donors (Lipinski definition) is 3. The van der Waals surface area contributed by atoms with Crippen LogP contribution in [0.5, 0.6) is 5.75 Å². The number of hydrogen-bond acceptors (Lipinski definition) is 5. The molecule has 0 radical (unpaired) electrons. The molecule has 4 rings (SSSR count). The van der Waals surface area contributed by atoms with Crippen LogP contribution in [0.2, 0.25) is 0 Å². The fourth-order valence-corrected chi connectivity index (χ4v) is 3.30. The summed E-state index contributed by atoms with van der Waals surface area (Å²) >= 11 is 0. The summed E-state index contributed by atoms with van der Waals surface area (Å²) in [5.41, 5.74) is 0.610. The Morgan fingerprint density at radius 2 is 2.17 bits per heavy atom. The molecule has 3 heterocycles. The van der Waals surface area contributed by atoms with Crippen LogP contribution in [0.4, 0.5) is 13.2 Å². The maximum atomic E-state index is 12.7. The summed E-state index contributed by atoms with van der Waals surface area (Å²) in [6, 6.07) is 3.65. The number of piperazine rings is 1. The van der Waals surface area contributed by atoms with Crippen molar-refractivity contribution in [2.45, 2.75) is 30.9 Å². The standard InChI is InChI=1S/C14H13F3N4O2/c15-14(16,17)23-7-1-2-9-8(4-7)11(21-20-9)13(22)12-10-3-6(19-12)5-18-10/h1-2,4,6,10,12,18-19H,3,5H2,(H,20,21)/t6-,10+,12?/m1/s1. The lowest BCUT2D eigenvalue weighted by Crippen LogP contribution is -2.52. The number of ketones is 1. The first kappa shape index (κ1) is 14.5. The fraction of sp³-hybridized carbons (Fsp3) is 0.429. The number of ether oxygens (including phenoxy) is 1. The molecule has 9 heteroatoms. The van der Waals surface area contributed by atoms with Crippen molar-refractivity contribution in [1.82, 2.24) is 20.8 Å². The molecule has 2 fully saturated rings. The Hall–Kier alpha value is -2.13. The molecular formula is C14H13F3N4O2. The Bertz CT molecular complexity index is 773. The fourth-order valence-electron chi connectivity index (χ4n) is 3.30. The number of aromatic nitrogens is 2. The number of fused-ring (bicyclic) bond motifs is 3. The SMILES string of the molecule is O=C(c1n[nH]c2ccc(OC(F)(F)F)cc12)C1N[C@H]2CN[C@H]1C2. The first-order valence-electron chi connectivity index (χ1n) is 7.18. The highest BCUT2D eigenvalue weighted by atomic mass is 19.4. The summed E-state index contributed by atoms with van der Waals surface area (Å²) in [5, 5.41) is 13.4. The summed E-state index contributed by atoms with van der Waals surface area (Å²) < 4.78 is 40.9. The molecular weight excluding hydrogens is 313 g/mol. The molecule has 2 aromatic rings. The summed E-state index contributed by atoms with van der Waals surface area (Å²) in [7, 11) is 0. The van der Waals surface area contributed by atoms with Gasteiger partial charge >= 0.3 is 6.36 Å². The van der Waals surface area contributed by atoms with Crippen molar-refractivity contribution in [3.63, 3.8) is 0 Å². The topological polar surface area (TPSA) is 79.0 Å². The first-order chi connectivity index (χ1) is 10.9. The predicted octanol–water partition coefficient (Wildman–Crippen LogP) is 1.35. The van der Waals surface area contributed by atoms with Gasteiger partial charge in [0.25, 0.3) is 0 Å². The quantitative estimate of drug-likeness (QED) is 0.742. The number of nitrogens with one attached hydrogen (secondary N) is 3. The zero-order chi connectivity index (χ0) is 16.2. The van der Waals surface area contributed by atoms with Gasteiger partial charge in [-0.15, -0.1) is 13.2 Å². The summed E-state index contributed by atoms with van der Waals surface area (Å²) in [6.07, 6.45) is -3.92. The zero-order valence-electron chi connectivity index (χ0n) is 11.8. The molecule has 1 unspecified atom stereocenters. The van der Waals surface area contributed by atoms with Crippen molar-refractivity contribution < 1.29 is 22.7 Å². The Labute approximate surface area is 128 Å². The predicted molar refractivity (Wildman–Crippen MR) is 74.2 cm³/mol. The van der Waals surface area contributed by atoms with E-state index < -0.39 is 12.4 Å². The van der Waals surface area contributed by atoms with Gasteiger partial charge in [-0.05, 0) is 24.6 Å². The van der Waals surface area contributed by atoms with Crippen molar-refractivity contribution in [3.8, 4) is 5.75 Å². The second kappa shape index (κ2) is 4.93. The van der Waals surface area contributed by atoms with E-state index in [1.54, 1.807) is 0 Å². The highest BCUT2D eigenvalue weighted by Crippen LogP contribution is 2.29. The lowest BCUT2D eigenvalue weighted by molar-refractivity contribution is -0.274. The van der Waals surface area contributed by atoms with Gasteiger partial charge < -0.3 is 15.4 Å². The minimum absolute atomic E-state index is 0.0360. The highest BCUT2D eigenvalue weighted by molar-refractivity contribution is 6.09. The minimum atomic E-state index is -4.78. The number of alkyl halides is 3. The molecule has 122 valence electrons. The number of rotatable bonds is 3. The highest BCUT2D eigenvalue weighted by Gasteiger charge is 2.43. The molecule has 1 aromatic carbocycles. The third-order valence-corrected chi connectivity index (χ3v) is 4.27. The maximum absolute atomic E-state index is 12.7. The number of Topliss-reactive ketones (excluding diaryl/α,β-unsaturated/α-hetero) is 1. The number of nitrogens with zero attached hydrogens (tertiary/aromatic N) is 1. The van der Waals surface area contributed by atoms with E-state index >= 15 is 0 Å². The van der Waals surface area contributed by atoms with E-state index in [0.717, 1.165) is 13.0 Å². The second-order valence-corrected chi connectivity index (χ2v) is 5.78. The van der Waals surface area contributed by atoms with Gasteiger partial charge in [0.15, 0.2) is 0 Å². The van der Waals surface area contributed by atoms with Gasteiger partial charge in [0, 0.05) is 24.0 Å². The van der Waals surface area contributed by atoms with Crippen molar-refractivity contribution in [1.29, 1.82) is 0 Å². The third-order valence-electron chi connectivity index (χ3n) is 4.27. The summed E-state index contributed by atoms with van der Waals surface area (Å²) in [6.45, 7) is 0.819. The Morgan fingerprint density at radius 1 is 1.35 bits per heavy atom. The van der Waals surface area contributed by atoms with Crippen LogP contribution in [0, 0.1) is 0 Å². The zero-order valence-corrected chi connectivity index (χ0v) is 11.8.